The minimum Gasteiger partial charge on any atom is -0.396 e. The Morgan fingerprint density at radius 3 is 2.06 bits per heavy atom. The van der Waals surface area contributed by atoms with E-state index in [1.165, 1.54) is 44.1 Å². The van der Waals surface area contributed by atoms with E-state index in [9.17, 15) is 5.11 Å². The molecule has 1 aromatic heterocycles. The second kappa shape index (κ2) is 3.56. The fraction of sp³-hybridized carbons (Fsp3) is 0.643. The SMILES string of the molecule is OCC12CCC(c3ccncc3)(CC1)CC2. The van der Waals surface area contributed by atoms with Crippen LogP contribution in [0.3, 0.4) is 0 Å². The van der Waals surface area contributed by atoms with Crippen LogP contribution < -0.4 is 0 Å². The summed E-state index contributed by atoms with van der Waals surface area (Å²) >= 11 is 0. The minimum atomic E-state index is 0.273. The predicted molar refractivity (Wildman–Crippen MR) is 63.1 cm³/mol. The Bertz CT molecular complexity index is 349. The van der Waals surface area contributed by atoms with Crippen molar-refractivity contribution in [2.24, 2.45) is 5.41 Å². The van der Waals surface area contributed by atoms with Gasteiger partial charge in [0.05, 0.1) is 0 Å². The van der Waals surface area contributed by atoms with Crippen molar-refractivity contribution in [3.8, 4) is 0 Å². The first-order valence-corrected chi connectivity index (χ1v) is 6.30. The first-order chi connectivity index (χ1) is 7.79. The Balaban J connectivity index is 1.89. The van der Waals surface area contributed by atoms with Gasteiger partial charge in [-0.1, -0.05) is 0 Å². The molecule has 1 aromatic rings. The zero-order valence-electron chi connectivity index (χ0n) is 9.65. The normalized spacial score (nSPS) is 37.6. The third-order valence-electron chi connectivity index (χ3n) is 5.03. The summed E-state index contributed by atoms with van der Waals surface area (Å²) in [5, 5.41) is 9.51. The molecule has 2 nitrogen and oxygen atoms in total. The number of rotatable bonds is 2. The van der Waals surface area contributed by atoms with E-state index in [4.69, 9.17) is 0 Å². The molecule has 3 aliphatic carbocycles. The van der Waals surface area contributed by atoms with Crippen molar-refractivity contribution in [2.45, 2.75) is 43.9 Å². The van der Waals surface area contributed by atoms with Crippen molar-refractivity contribution in [3.05, 3.63) is 30.1 Å². The van der Waals surface area contributed by atoms with E-state index in [0.29, 0.717) is 12.0 Å². The topological polar surface area (TPSA) is 33.1 Å². The van der Waals surface area contributed by atoms with Crippen LogP contribution in [0.2, 0.25) is 0 Å². The van der Waals surface area contributed by atoms with Crippen LogP contribution in [-0.4, -0.2) is 16.7 Å². The lowest BCUT2D eigenvalue weighted by Crippen LogP contribution is -2.45. The molecule has 1 N–H and O–H groups in total. The van der Waals surface area contributed by atoms with E-state index in [0.717, 1.165) is 0 Å². The van der Waals surface area contributed by atoms with Crippen LogP contribution in [-0.2, 0) is 5.41 Å². The van der Waals surface area contributed by atoms with Crippen LogP contribution in [0.15, 0.2) is 24.5 Å². The smallest absolute Gasteiger partial charge is 0.0487 e. The quantitative estimate of drug-likeness (QED) is 0.826. The van der Waals surface area contributed by atoms with Gasteiger partial charge in [0, 0.05) is 19.0 Å². The summed E-state index contributed by atoms with van der Waals surface area (Å²) in [5.41, 5.74) is 2.14. The van der Waals surface area contributed by atoms with Crippen LogP contribution in [0.5, 0.6) is 0 Å². The van der Waals surface area contributed by atoms with Crippen LogP contribution >= 0.6 is 0 Å². The molecule has 3 fully saturated rings. The summed E-state index contributed by atoms with van der Waals surface area (Å²) in [6.07, 6.45) is 11.2. The monoisotopic (exact) mass is 217 g/mol. The summed E-state index contributed by atoms with van der Waals surface area (Å²) in [7, 11) is 0. The fourth-order valence-electron chi connectivity index (χ4n) is 3.64. The lowest BCUT2D eigenvalue weighted by molar-refractivity contribution is -0.00690. The average Bonchev–Trinajstić information content (AvgIpc) is 2.42. The van der Waals surface area contributed by atoms with Crippen molar-refractivity contribution in [1.82, 2.24) is 4.98 Å². The van der Waals surface area contributed by atoms with Crippen molar-refractivity contribution < 1.29 is 5.11 Å². The van der Waals surface area contributed by atoms with Gasteiger partial charge in [0.1, 0.15) is 0 Å². The van der Waals surface area contributed by atoms with Crippen LogP contribution in [0.4, 0.5) is 0 Å². The molecule has 0 amide bonds. The Morgan fingerprint density at radius 2 is 1.56 bits per heavy atom. The molecule has 4 rings (SSSR count). The Labute approximate surface area is 96.7 Å². The zero-order chi connectivity index (χ0) is 11.1. The first kappa shape index (κ1) is 10.3. The second-order valence-corrected chi connectivity index (χ2v) is 5.67. The zero-order valence-corrected chi connectivity index (χ0v) is 9.65. The molecule has 1 heterocycles. The Hall–Kier alpha value is -0.890. The third-order valence-corrected chi connectivity index (χ3v) is 5.03. The van der Waals surface area contributed by atoms with Crippen LogP contribution in [0, 0.1) is 5.41 Å². The highest BCUT2D eigenvalue weighted by Crippen LogP contribution is 2.57. The van der Waals surface area contributed by atoms with E-state index in [2.05, 4.69) is 17.1 Å². The maximum atomic E-state index is 9.51. The maximum absolute atomic E-state index is 9.51. The van der Waals surface area contributed by atoms with E-state index in [1.54, 1.807) is 0 Å². The Kier molecular flexibility index (Phi) is 2.28. The summed E-state index contributed by atoms with van der Waals surface area (Å²) in [5.74, 6) is 0. The fourth-order valence-corrected chi connectivity index (χ4v) is 3.64. The van der Waals surface area contributed by atoms with Crippen molar-refractivity contribution in [1.29, 1.82) is 0 Å². The highest BCUT2D eigenvalue weighted by Gasteiger charge is 2.48. The molecule has 2 heteroatoms. The van der Waals surface area contributed by atoms with Gasteiger partial charge in [0.25, 0.3) is 0 Å². The van der Waals surface area contributed by atoms with Gasteiger partial charge in [-0.25, -0.2) is 0 Å². The lowest BCUT2D eigenvalue weighted by Gasteiger charge is -2.53. The number of aromatic nitrogens is 1. The number of aliphatic hydroxyl groups excluding tert-OH is 1. The molecule has 2 bridgehead atoms. The lowest BCUT2D eigenvalue weighted by atomic mass is 9.52. The molecule has 0 aliphatic heterocycles. The van der Waals surface area contributed by atoms with Gasteiger partial charge < -0.3 is 5.11 Å². The van der Waals surface area contributed by atoms with Gasteiger partial charge in [0.2, 0.25) is 0 Å². The molecule has 0 unspecified atom stereocenters. The Morgan fingerprint density at radius 1 is 1.00 bits per heavy atom. The van der Waals surface area contributed by atoms with Crippen LogP contribution in [0.25, 0.3) is 0 Å². The molecule has 3 saturated carbocycles. The number of pyridine rings is 1. The molecular weight excluding hydrogens is 198 g/mol. The molecule has 86 valence electrons. The highest BCUT2D eigenvalue weighted by molar-refractivity contribution is 5.26. The number of hydrogen-bond donors (Lipinski definition) is 1. The average molecular weight is 217 g/mol. The van der Waals surface area contributed by atoms with Gasteiger partial charge >= 0.3 is 0 Å². The molecule has 0 atom stereocenters. The molecule has 0 saturated heterocycles. The summed E-state index contributed by atoms with van der Waals surface area (Å²) in [4.78, 5) is 4.11. The highest BCUT2D eigenvalue weighted by atomic mass is 16.3. The third kappa shape index (κ3) is 1.40. The standard InChI is InChI=1S/C14H19NO/c16-11-13-3-6-14(7-4-13,8-5-13)12-1-9-15-10-2-12/h1-2,9-10,16H,3-8,11H2. The van der Waals surface area contributed by atoms with Crippen molar-refractivity contribution >= 4 is 0 Å². The minimum absolute atomic E-state index is 0.273. The molecular formula is C14H19NO. The number of hydrogen-bond acceptors (Lipinski definition) is 2. The van der Waals surface area contributed by atoms with E-state index < -0.39 is 0 Å². The van der Waals surface area contributed by atoms with Gasteiger partial charge in [-0.15, -0.1) is 0 Å². The summed E-state index contributed by atoms with van der Waals surface area (Å²) in [6.45, 7) is 0.388. The van der Waals surface area contributed by atoms with Crippen molar-refractivity contribution in [2.75, 3.05) is 6.61 Å². The molecule has 0 radical (unpaired) electrons. The van der Waals surface area contributed by atoms with Gasteiger partial charge in [-0.2, -0.15) is 0 Å². The summed E-state index contributed by atoms with van der Waals surface area (Å²) < 4.78 is 0. The van der Waals surface area contributed by atoms with Crippen molar-refractivity contribution in [3.63, 3.8) is 0 Å². The molecule has 0 spiro atoms. The van der Waals surface area contributed by atoms with Gasteiger partial charge in [0.15, 0.2) is 0 Å². The molecule has 16 heavy (non-hydrogen) atoms. The molecule has 3 aliphatic rings. The number of nitrogens with zero attached hydrogens (tertiary/aromatic N) is 1. The summed E-state index contributed by atoms with van der Waals surface area (Å²) in [6, 6.07) is 4.36. The second-order valence-electron chi connectivity index (χ2n) is 5.67. The van der Waals surface area contributed by atoms with E-state index in [-0.39, 0.29) is 5.41 Å². The number of aliphatic hydroxyl groups is 1. The molecule has 0 aromatic carbocycles. The van der Waals surface area contributed by atoms with Crippen LogP contribution in [0.1, 0.15) is 44.1 Å². The number of fused-ring (bicyclic) bond motifs is 3. The first-order valence-electron chi connectivity index (χ1n) is 6.30. The van der Waals surface area contributed by atoms with E-state index in [1.807, 2.05) is 12.4 Å². The van der Waals surface area contributed by atoms with Gasteiger partial charge in [-0.05, 0) is 67.1 Å². The van der Waals surface area contributed by atoms with Gasteiger partial charge in [-0.3, -0.25) is 4.98 Å². The predicted octanol–water partition coefficient (Wildman–Crippen LogP) is 2.67. The maximum Gasteiger partial charge on any atom is 0.0487 e. The largest absolute Gasteiger partial charge is 0.396 e. The van der Waals surface area contributed by atoms with E-state index >= 15 is 0 Å².